The van der Waals surface area contributed by atoms with Crippen molar-refractivity contribution in [1.82, 2.24) is 5.32 Å². The van der Waals surface area contributed by atoms with E-state index in [1.807, 2.05) is 26.0 Å². The Hall–Kier alpha value is -0.960. The summed E-state index contributed by atoms with van der Waals surface area (Å²) in [4.78, 5) is 11.6. The molecule has 0 saturated heterocycles. The predicted octanol–water partition coefficient (Wildman–Crippen LogP) is 2.20. The molecule has 0 aliphatic carbocycles. The molecule has 1 rings (SSSR count). The van der Waals surface area contributed by atoms with E-state index < -0.39 is 5.41 Å². The van der Waals surface area contributed by atoms with Gasteiger partial charge in [-0.2, -0.15) is 0 Å². The highest BCUT2D eigenvalue weighted by Gasteiger charge is 2.25. The minimum absolute atomic E-state index is 0.0240. The van der Waals surface area contributed by atoms with Gasteiger partial charge in [0.25, 0.3) is 0 Å². The predicted molar refractivity (Wildman–Crippen MR) is 59.9 cm³/mol. The Kier molecular flexibility index (Phi) is 4.21. The van der Waals surface area contributed by atoms with Crippen molar-refractivity contribution in [2.75, 3.05) is 12.4 Å². The summed E-state index contributed by atoms with van der Waals surface area (Å²) < 4.78 is 5.15. The van der Waals surface area contributed by atoms with Crippen molar-refractivity contribution < 1.29 is 9.21 Å². The molecule has 1 amide bonds. The molecule has 0 bridgehead atoms. The van der Waals surface area contributed by atoms with Gasteiger partial charge in [-0.25, -0.2) is 0 Å². The van der Waals surface area contributed by atoms with Gasteiger partial charge in [-0.05, 0) is 26.0 Å². The molecule has 1 aromatic rings. The van der Waals surface area contributed by atoms with Crippen LogP contribution in [0.3, 0.4) is 0 Å². The smallest absolute Gasteiger partial charge is 0.226 e. The first-order valence-electron chi connectivity index (χ1n) is 4.93. The van der Waals surface area contributed by atoms with E-state index in [4.69, 9.17) is 16.0 Å². The quantitative estimate of drug-likeness (QED) is 0.787. The van der Waals surface area contributed by atoms with Crippen LogP contribution in [0.1, 0.15) is 19.6 Å². The van der Waals surface area contributed by atoms with Gasteiger partial charge >= 0.3 is 0 Å². The van der Waals surface area contributed by atoms with E-state index in [1.54, 1.807) is 6.26 Å². The van der Waals surface area contributed by atoms with Gasteiger partial charge in [-0.1, -0.05) is 0 Å². The lowest BCUT2D eigenvalue weighted by atomic mass is 9.95. The maximum Gasteiger partial charge on any atom is 0.226 e. The number of carbonyl (C=O) groups excluding carboxylic acids is 1. The topological polar surface area (TPSA) is 42.2 Å². The maximum atomic E-state index is 11.6. The molecule has 1 aromatic heterocycles. The second-order valence-corrected chi connectivity index (χ2v) is 4.37. The minimum atomic E-state index is -0.509. The van der Waals surface area contributed by atoms with Crippen LogP contribution in [-0.4, -0.2) is 18.3 Å². The van der Waals surface area contributed by atoms with Crippen molar-refractivity contribution >= 4 is 17.5 Å². The first kappa shape index (κ1) is 12.1. The summed E-state index contributed by atoms with van der Waals surface area (Å²) in [7, 11) is 0. The third-order valence-corrected chi connectivity index (χ3v) is 2.85. The van der Waals surface area contributed by atoms with Crippen LogP contribution in [0.15, 0.2) is 22.8 Å². The van der Waals surface area contributed by atoms with Crippen molar-refractivity contribution in [1.29, 1.82) is 0 Å². The first-order chi connectivity index (χ1) is 7.06. The number of rotatable bonds is 5. The molecular weight excluding hydrogens is 214 g/mol. The van der Waals surface area contributed by atoms with Crippen LogP contribution < -0.4 is 5.32 Å². The second-order valence-electron chi connectivity index (χ2n) is 4.10. The molecule has 0 radical (unpaired) electrons. The van der Waals surface area contributed by atoms with E-state index in [1.165, 1.54) is 0 Å². The summed E-state index contributed by atoms with van der Waals surface area (Å²) in [5, 5.41) is 2.83. The number of furan rings is 1. The molecule has 3 nitrogen and oxygen atoms in total. The van der Waals surface area contributed by atoms with Gasteiger partial charge in [-0.3, -0.25) is 4.79 Å². The first-order valence-corrected chi connectivity index (χ1v) is 5.46. The normalized spacial score (nSPS) is 11.4. The molecule has 0 atom stereocenters. The SMILES string of the molecule is CC(C)(CCl)C(=O)NCCc1ccco1. The van der Waals surface area contributed by atoms with Crippen LogP contribution in [-0.2, 0) is 11.2 Å². The van der Waals surface area contributed by atoms with E-state index in [9.17, 15) is 4.79 Å². The molecule has 0 spiro atoms. The highest BCUT2D eigenvalue weighted by atomic mass is 35.5. The molecule has 0 fully saturated rings. The minimum Gasteiger partial charge on any atom is -0.469 e. The van der Waals surface area contributed by atoms with Gasteiger partial charge in [0.15, 0.2) is 0 Å². The summed E-state index contributed by atoms with van der Waals surface area (Å²) in [6.45, 7) is 4.22. The number of alkyl halides is 1. The fourth-order valence-electron chi connectivity index (χ4n) is 1.05. The number of amides is 1. The van der Waals surface area contributed by atoms with Crippen LogP contribution in [0.2, 0.25) is 0 Å². The highest BCUT2D eigenvalue weighted by Crippen LogP contribution is 2.16. The third kappa shape index (κ3) is 3.59. The Morgan fingerprint density at radius 2 is 2.33 bits per heavy atom. The molecule has 84 valence electrons. The van der Waals surface area contributed by atoms with E-state index in [-0.39, 0.29) is 5.91 Å². The standard InChI is InChI=1S/C11H16ClNO2/c1-11(2,8-12)10(14)13-6-5-9-4-3-7-15-9/h3-4,7H,5-6,8H2,1-2H3,(H,13,14). The lowest BCUT2D eigenvalue weighted by Crippen LogP contribution is -2.39. The van der Waals surface area contributed by atoms with E-state index in [0.717, 1.165) is 5.76 Å². The lowest BCUT2D eigenvalue weighted by molar-refractivity contribution is -0.128. The summed E-state index contributed by atoms with van der Waals surface area (Å²) in [6.07, 6.45) is 2.33. The van der Waals surface area contributed by atoms with Crippen LogP contribution in [0.5, 0.6) is 0 Å². The van der Waals surface area contributed by atoms with Gasteiger partial charge in [0.1, 0.15) is 5.76 Å². The van der Waals surface area contributed by atoms with Gasteiger partial charge < -0.3 is 9.73 Å². The third-order valence-electron chi connectivity index (χ3n) is 2.19. The molecule has 0 aliphatic heterocycles. The number of nitrogens with one attached hydrogen (secondary N) is 1. The summed E-state index contributed by atoms with van der Waals surface area (Å²) in [5.74, 6) is 1.17. The van der Waals surface area contributed by atoms with Gasteiger partial charge in [0.2, 0.25) is 5.91 Å². The van der Waals surface area contributed by atoms with E-state index >= 15 is 0 Å². The van der Waals surface area contributed by atoms with Crippen molar-refractivity contribution in [3.05, 3.63) is 24.2 Å². The Balaban J connectivity index is 2.29. The fraction of sp³-hybridized carbons (Fsp3) is 0.545. The Morgan fingerprint density at radius 3 is 2.87 bits per heavy atom. The average molecular weight is 230 g/mol. The molecule has 0 aliphatic rings. The Morgan fingerprint density at radius 1 is 1.60 bits per heavy atom. The van der Waals surface area contributed by atoms with Crippen molar-refractivity contribution in [3.63, 3.8) is 0 Å². The zero-order chi connectivity index (χ0) is 11.3. The fourth-order valence-corrected chi connectivity index (χ4v) is 1.18. The van der Waals surface area contributed by atoms with Crippen LogP contribution in [0.4, 0.5) is 0 Å². The highest BCUT2D eigenvalue weighted by molar-refractivity contribution is 6.19. The molecule has 0 unspecified atom stereocenters. The van der Waals surface area contributed by atoms with Crippen LogP contribution in [0.25, 0.3) is 0 Å². The second kappa shape index (κ2) is 5.21. The van der Waals surface area contributed by atoms with Crippen molar-refractivity contribution in [2.24, 2.45) is 5.41 Å². The number of hydrogen-bond acceptors (Lipinski definition) is 2. The van der Waals surface area contributed by atoms with Crippen molar-refractivity contribution in [2.45, 2.75) is 20.3 Å². The molecule has 15 heavy (non-hydrogen) atoms. The monoisotopic (exact) mass is 229 g/mol. The average Bonchev–Trinajstić information content (AvgIpc) is 2.70. The van der Waals surface area contributed by atoms with E-state index in [2.05, 4.69) is 5.32 Å². The van der Waals surface area contributed by atoms with E-state index in [0.29, 0.717) is 18.8 Å². The van der Waals surface area contributed by atoms with Crippen molar-refractivity contribution in [3.8, 4) is 0 Å². The number of carbonyl (C=O) groups is 1. The molecule has 1 heterocycles. The summed E-state index contributed by atoms with van der Waals surface area (Å²) in [5.41, 5.74) is -0.509. The van der Waals surface area contributed by atoms with Crippen LogP contribution >= 0.6 is 11.6 Å². The number of hydrogen-bond donors (Lipinski definition) is 1. The maximum absolute atomic E-state index is 11.6. The number of halogens is 1. The molecule has 1 N–H and O–H groups in total. The molecule has 0 saturated carbocycles. The van der Waals surface area contributed by atoms with Gasteiger partial charge in [-0.15, -0.1) is 11.6 Å². The molecule has 0 aromatic carbocycles. The molecular formula is C11H16ClNO2. The Bertz CT molecular complexity index is 306. The van der Waals surface area contributed by atoms with Gasteiger partial charge in [0, 0.05) is 18.8 Å². The lowest BCUT2D eigenvalue weighted by Gasteiger charge is -2.19. The zero-order valence-electron chi connectivity index (χ0n) is 9.05. The van der Waals surface area contributed by atoms with Crippen LogP contribution in [0, 0.1) is 5.41 Å². The Labute approximate surface area is 94.8 Å². The summed E-state index contributed by atoms with van der Waals surface area (Å²) >= 11 is 5.69. The largest absolute Gasteiger partial charge is 0.469 e. The molecule has 4 heteroatoms. The van der Waals surface area contributed by atoms with Gasteiger partial charge in [0.05, 0.1) is 11.7 Å². The zero-order valence-corrected chi connectivity index (χ0v) is 9.80. The summed E-state index contributed by atoms with van der Waals surface area (Å²) in [6, 6.07) is 3.72.